The highest BCUT2D eigenvalue weighted by atomic mass is 35.5. The van der Waals surface area contributed by atoms with Crippen molar-refractivity contribution in [3.05, 3.63) is 29.3 Å². The summed E-state index contributed by atoms with van der Waals surface area (Å²) in [5, 5.41) is 9.85. The van der Waals surface area contributed by atoms with Crippen molar-refractivity contribution in [3.8, 4) is 11.5 Å². The smallest absolute Gasteiger partial charge is 0.310 e. The van der Waals surface area contributed by atoms with Gasteiger partial charge in [-0.1, -0.05) is 23.8 Å². The molecule has 0 aromatic heterocycles. The summed E-state index contributed by atoms with van der Waals surface area (Å²) in [5.41, 5.74) is -0.450. The molecule has 3 heterocycles. The van der Waals surface area contributed by atoms with Gasteiger partial charge in [0.05, 0.1) is 43.5 Å². The van der Waals surface area contributed by atoms with Crippen molar-refractivity contribution < 1.29 is 28.9 Å². The van der Waals surface area contributed by atoms with Gasteiger partial charge < -0.3 is 24.2 Å². The molecule has 0 unspecified atom stereocenters. The second kappa shape index (κ2) is 5.37. The van der Waals surface area contributed by atoms with Gasteiger partial charge in [0.2, 0.25) is 5.91 Å². The molecule has 25 heavy (non-hydrogen) atoms. The van der Waals surface area contributed by atoms with Gasteiger partial charge in [-0.2, -0.15) is 0 Å². The number of benzene rings is 1. The van der Waals surface area contributed by atoms with E-state index in [2.05, 4.69) is 0 Å². The van der Waals surface area contributed by atoms with Crippen LogP contribution < -0.4 is 14.4 Å². The van der Waals surface area contributed by atoms with Crippen LogP contribution in [0.1, 0.15) is 0 Å². The minimum absolute atomic E-state index is 0.215. The lowest BCUT2D eigenvalue weighted by Gasteiger charge is -2.23. The first-order valence-electron chi connectivity index (χ1n) is 7.75. The second-order valence-electron chi connectivity index (χ2n) is 6.32. The van der Waals surface area contributed by atoms with Crippen LogP contribution in [0.15, 0.2) is 24.3 Å². The molecule has 1 N–H and O–H groups in total. The van der Waals surface area contributed by atoms with Gasteiger partial charge in [-0.05, 0) is 6.07 Å². The number of amides is 1. The number of hydrogen-bond acceptors (Lipinski definition) is 5. The van der Waals surface area contributed by atoms with Gasteiger partial charge in [0, 0.05) is 6.07 Å². The van der Waals surface area contributed by atoms with E-state index in [1.165, 1.54) is 19.1 Å². The summed E-state index contributed by atoms with van der Waals surface area (Å²) >= 11 is 6.20. The van der Waals surface area contributed by atoms with E-state index in [0.717, 1.165) is 0 Å². The van der Waals surface area contributed by atoms with Gasteiger partial charge in [0.15, 0.2) is 0 Å². The zero-order valence-electron chi connectivity index (χ0n) is 13.6. The van der Waals surface area contributed by atoms with E-state index in [4.69, 9.17) is 25.8 Å². The van der Waals surface area contributed by atoms with Crippen LogP contribution in [0.3, 0.4) is 0 Å². The number of ether oxygens (including phenoxy) is 3. The van der Waals surface area contributed by atoms with Crippen LogP contribution in [0, 0.1) is 11.8 Å². The molecule has 1 aromatic rings. The zero-order chi connectivity index (χ0) is 17.9. The maximum Gasteiger partial charge on any atom is 0.310 e. The van der Waals surface area contributed by atoms with E-state index in [1.807, 2.05) is 0 Å². The van der Waals surface area contributed by atoms with Crippen LogP contribution >= 0.6 is 11.6 Å². The Morgan fingerprint density at radius 3 is 2.72 bits per heavy atom. The fourth-order valence-electron chi connectivity index (χ4n) is 4.04. The van der Waals surface area contributed by atoms with Crippen LogP contribution in [0.4, 0.5) is 5.69 Å². The van der Waals surface area contributed by atoms with Gasteiger partial charge in [-0.25, -0.2) is 0 Å². The molecule has 3 aliphatic rings. The number of nitrogens with zero attached hydrogens (tertiary/aromatic N) is 1. The Bertz CT molecular complexity index is 809. The Morgan fingerprint density at radius 2 is 2.08 bits per heavy atom. The van der Waals surface area contributed by atoms with Crippen molar-refractivity contribution in [1.82, 2.24) is 0 Å². The van der Waals surface area contributed by atoms with Crippen molar-refractivity contribution in [1.29, 1.82) is 0 Å². The number of anilines is 1. The van der Waals surface area contributed by atoms with Crippen molar-refractivity contribution >= 4 is 29.2 Å². The zero-order valence-corrected chi connectivity index (χ0v) is 14.3. The first-order chi connectivity index (χ1) is 11.9. The molecular weight excluding hydrogens is 350 g/mol. The molecular formula is C17H16ClNO6. The number of fused-ring (bicyclic) bond motifs is 1. The Kier molecular flexibility index (Phi) is 3.49. The number of carbonyl (C=O) groups excluding carboxylic acids is 1. The van der Waals surface area contributed by atoms with Crippen LogP contribution in [0.5, 0.6) is 11.5 Å². The third kappa shape index (κ3) is 2.09. The molecule has 0 saturated carbocycles. The van der Waals surface area contributed by atoms with Crippen molar-refractivity contribution in [2.45, 2.75) is 11.7 Å². The highest BCUT2D eigenvalue weighted by Gasteiger charge is 2.67. The lowest BCUT2D eigenvalue weighted by Crippen LogP contribution is -2.39. The van der Waals surface area contributed by atoms with Crippen molar-refractivity contribution in [2.75, 3.05) is 25.7 Å². The lowest BCUT2D eigenvalue weighted by atomic mass is 9.77. The lowest BCUT2D eigenvalue weighted by molar-refractivity contribution is -0.146. The molecule has 7 nitrogen and oxygen atoms in total. The molecule has 8 heteroatoms. The van der Waals surface area contributed by atoms with Crippen molar-refractivity contribution in [2.24, 2.45) is 11.8 Å². The monoisotopic (exact) mass is 365 g/mol. The molecule has 4 atom stereocenters. The predicted molar refractivity (Wildman–Crippen MR) is 88.3 cm³/mol. The third-order valence-corrected chi connectivity index (χ3v) is 5.42. The fraction of sp³-hybridized carbons (Fsp3) is 0.412. The van der Waals surface area contributed by atoms with E-state index in [1.54, 1.807) is 24.3 Å². The first kappa shape index (κ1) is 16.2. The highest BCUT2D eigenvalue weighted by Crippen LogP contribution is 2.54. The van der Waals surface area contributed by atoms with E-state index in [0.29, 0.717) is 22.2 Å². The molecule has 0 radical (unpaired) electrons. The number of rotatable bonds is 4. The van der Waals surface area contributed by atoms with E-state index in [-0.39, 0.29) is 12.5 Å². The Balaban J connectivity index is 1.77. The van der Waals surface area contributed by atoms with E-state index in [9.17, 15) is 14.7 Å². The molecule has 132 valence electrons. The number of hydrogen-bond donors (Lipinski definition) is 1. The Morgan fingerprint density at radius 1 is 1.36 bits per heavy atom. The van der Waals surface area contributed by atoms with Gasteiger partial charge >= 0.3 is 5.97 Å². The van der Waals surface area contributed by atoms with Crippen molar-refractivity contribution in [3.63, 3.8) is 0 Å². The number of carbonyl (C=O) groups is 2. The summed E-state index contributed by atoms with van der Waals surface area (Å²) in [6.45, 7) is 0.215. The van der Waals surface area contributed by atoms with Gasteiger partial charge in [0.25, 0.3) is 0 Å². The highest BCUT2D eigenvalue weighted by molar-refractivity contribution is 6.32. The normalized spacial score (nSPS) is 32.2. The summed E-state index contributed by atoms with van der Waals surface area (Å²) in [6.07, 6.45) is 2.97. The van der Waals surface area contributed by atoms with E-state index < -0.39 is 29.5 Å². The minimum Gasteiger partial charge on any atom is -0.495 e. The first-order valence-corrected chi connectivity index (χ1v) is 8.12. The standard InChI is InChI=1S/C17H16ClNO6/c1-23-11-6-12(24-2)9(5-8(11)18)19-7-17-4-3-10(25-17)13(16(21)22)14(17)15(19)20/h3-6,10,13-14H,7H2,1-2H3,(H,21,22)/t10-,13-,14-,17-/m1/s1. The van der Waals surface area contributed by atoms with Crippen LogP contribution in [0.2, 0.25) is 5.02 Å². The topological polar surface area (TPSA) is 85.3 Å². The molecule has 1 spiro atoms. The molecule has 3 aliphatic heterocycles. The van der Waals surface area contributed by atoms with Crippen LogP contribution in [0.25, 0.3) is 0 Å². The summed E-state index contributed by atoms with van der Waals surface area (Å²) in [5.74, 6) is -2.15. The Hall–Kier alpha value is -2.25. The number of carboxylic acids is 1. The maximum absolute atomic E-state index is 13.0. The quantitative estimate of drug-likeness (QED) is 0.818. The summed E-state index contributed by atoms with van der Waals surface area (Å²) < 4.78 is 16.4. The fourth-order valence-corrected chi connectivity index (χ4v) is 4.27. The molecule has 2 saturated heterocycles. The molecule has 1 aromatic carbocycles. The number of carboxylic acid groups (broad SMARTS) is 1. The number of halogens is 1. The summed E-state index contributed by atoms with van der Waals surface area (Å²) in [4.78, 5) is 26.2. The average molecular weight is 366 g/mol. The number of methoxy groups -OCH3 is 2. The molecule has 2 bridgehead atoms. The van der Waals surface area contributed by atoms with Gasteiger partial charge in [0.1, 0.15) is 23.0 Å². The number of aliphatic carboxylic acids is 1. The second-order valence-corrected chi connectivity index (χ2v) is 6.73. The summed E-state index contributed by atoms with van der Waals surface area (Å²) in [6, 6.07) is 3.18. The minimum atomic E-state index is -1.03. The van der Waals surface area contributed by atoms with Crippen LogP contribution in [-0.2, 0) is 14.3 Å². The predicted octanol–water partition coefficient (Wildman–Crippen LogP) is 1.73. The largest absolute Gasteiger partial charge is 0.495 e. The van der Waals surface area contributed by atoms with E-state index >= 15 is 0 Å². The molecule has 1 amide bonds. The summed E-state index contributed by atoms with van der Waals surface area (Å²) in [7, 11) is 2.97. The average Bonchev–Trinajstić information content (AvgIpc) is 3.22. The molecule has 4 rings (SSSR count). The van der Waals surface area contributed by atoms with Gasteiger partial charge in [-0.3, -0.25) is 9.59 Å². The third-order valence-electron chi connectivity index (χ3n) is 5.13. The maximum atomic E-state index is 13.0. The molecule has 0 aliphatic carbocycles. The Labute approximate surface area is 148 Å². The molecule has 2 fully saturated rings. The van der Waals surface area contributed by atoms with Gasteiger partial charge in [-0.15, -0.1) is 0 Å². The van der Waals surface area contributed by atoms with Crippen LogP contribution in [-0.4, -0.2) is 49.5 Å². The SMILES string of the molecule is COc1cc(OC)c(N2C[C@@]34C=C[C@@H](O3)[C@@H](C(=O)O)[C@@H]4C2=O)cc1Cl.